The van der Waals surface area contributed by atoms with Crippen LogP contribution in [0, 0.1) is 11.3 Å². The van der Waals surface area contributed by atoms with Crippen LogP contribution in [0.3, 0.4) is 0 Å². The molecule has 3 aliphatic heterocycles. The smallest absolute Gasteiger partial charge is 0.407 e. The van der Waals surface area contributed by atoms with Crippen LogP contribution in [0.1, 0.15) is 25.3 Å². The van der Waals surface area contributed by atoms with Gasteiger partial charge in [0.2, 0.25) is 5.91 Å². The highest BCUT2D eigenvalue weighted by Gasteiger charge is 2.43. The van der Waals surface area contributed by atoms with E-state index >= 15 is 0 Å². The third-order valence-electron chi connectivity index (χ3n) is 7.30. The fourth-order valence-electron chi connectivity index (χ4n) is 5.36. The summed E-state index contributed by atoms with van der Waals surface area (Å²) in [6.07, 6.45) is 0.621. The van der Waals surface area contributed by atoms with Crippen molar-refractivity contribution in [3.8, 4) is 6.07 Å². The molecule has 2 N–H and O–H groups in total. The lowest BCUT2D eigenvalue weighted by Gasteiger charge is -2.50. The van der Waals surface area contributed by atoms with Gasteiger partial charge in [0.15, 0.2) is 0 Å². The average Bonchev–Trinajstić information content (AvgIpc) is 2.86. The summed E-state index contributed by atoms with van der Waals surface area (Å²) in [5.41, 5.74) is 1.66. The second kappa shape index (κ2) is 11.7. The molecule has 3 heterocycles. The van der Waals surface area contributed by atoms with Gasteiger partial charge in [-0.2, -0.15) is 5.26 Å². The number of benzene rings is 1. The molecule has 35 heavy (non-hydrogen) atoms. The number of piperazine rings is 1. The Bertz CT molecular complexity index is 912. The van der Waals surface area contributed by atoms with Gasteiger partial charge in [0, 0.05) is 71.5 Å². The van der Waals surface area contributed by atoms with Gasteiger partial charge in [-0.25, -0.2) is 4.79 Å². The van der Waals surface area contributed by atoms with E-state index < -0.39 is 6.09 Å². The lowest BCUT2D eigenvalue weighted by molar-refractivity contribution is -0.159. The summed E-state index contributed by atoms with van der Waals surface area (Å²) in [6, 6.07) is 9.43. The van der Waals surface area contributed by atoms with Crippen LogP contribution in [0.2, 0.25) is 0 Å². The second-order valence-corrected chi connectivity index (χ2v) is 9.66. The molecule has 0 spiro atoms. The van der Waals surface area contributed by atoms with Crippen molar-refractivity contribution in [1.82, 2.24) is 19.6 Å². The normalized spacial score (nSPS) is 25.2. The van der Waals surface area contributed by atoms with Gasteiger partial charge in [0.25, 0.3) is 0 Å². The Labute approximate surface area is 207 Å². The van der Waals surface area contributed by atoms with Crippen LogP contribution in [-0.4, -0.2) is 120 Å². The zero-order chi connectivity index (χ0) is 24.8. The monoisotopic (exact) mass is 484 g/mol. The molecule has 2 amide bonds. The quantitative estimate of drug-likeness (QED) is 0.532. The molecule has 1 aromatic carbocycles. The number of fused-ring (bicyclic) bond motifs is 2. The maximum Gasteiger partial charge on any atom is 0.407 e. The van der Waals surface area contributed by atoms with E-state index in [0.717, 1.165) is 77.4 Å². The summed E-state index contributed by atoms with van der Waals surface area (Å²) in [5, 5.41) is 22.2. The second-order valence-electron chi connectivity index (χ2n) is 9.66. The van der Waals surface area contributed by atoms with Crippen molar-refractivity contribution in [3.05, 3.63) is 29.8 Å². The van der Waals surface area contributed by atoms with Gasteiger partial charge in [0.05, 0.1) is 36.4 Å². The zero-order valence-corrected chi connectivity index (χ0v) is 20.4. The van der Waals surface area contributed by atoms with Crippen LogP contribution >= 0.6 is 0 Å². The SMILES string of the molecule is CC(=O)N1CCN(CCC2C3CN(CCCNc4ccc(C#N)cc4)CC(CN2C(=O)O)O3)CC1. The zero-order valence-electron chi connectivity index (χ0n) is 20.4. The summed E-state index contributed by atoms with van der Waals surface area (Å²) in [4.78, 5) is 31.8. The number of hydrogen-bond donors (Lipinski definition) is 2. The Balaban J connectivity index is 1.25. The summed E-state index contributed by atoms with van der Waals surface area (Å²) in [5.74, 6) is 0.114. The first-order chi connectivity index (χ1) is 16.9. The Morgan fingerprint density at radius 3 is 2.49 bits per heavy atom. The van der Waals surface area contributed by atoms with Crippen molar-refractivity contribution in [2.75, 3.05) is 70.8 Å². The van der Waals surface area contributed by atoms with Crippen molar-refractivity contribution in [2.24, 2.45) is 0 Å². The van der Waals surface area contributed by atoms with Crippen molar-refractivity contribution in [3.63, 3.8) is 0 Å². The molecule has 190 valence electrons. The number of amides is 2. The third-order valence-corrected chi connectivity index (χ3v) is 7.30. The molecule has 0 aromatic heterocycles. The van der Waals surface area contributed by atoms with Gasteiger partial charge in [0.1, 0.15) is 0 Å². The maximum atomic E-state index is 12.0. The molecule has 3 aliphatic rings. The lowest BCUT2D eigenvalue weighted by atomic mass is 9.98. The first-order valence-corrected chi connectivity index (χ1v) is 12.5. The molecule has 1 aromatic rings. The van der Waals surface area contributed by atoms with Crippen LogP contribution in [0.15, 0.2) is 24.3 Å². The highest BCUT2D eigenvalue weighted by Crippen LogP contribution is 2.27. The van der Waals surface area contributed by atoms with E-state index in [1.807, 2.05) is 29.2 Å². The van der Waals surface area contributed by atoms with Gasteiger partial charge in [-0.15, -0.1) is 0 Å². The molecule has 0 saturated carbocycles. The number of anilines is 1. The number of nitrogens with zero attached hydrogens (tertiary/aromatic N) is 5. The molecule has 2 bridgehead atoms. The van der Waals surface area contributed by atoms with Gasteiger partial charge in [-0.3, -0.25) is 14.6 Å². The number of hydrogen-bond acceptors (Lipinski definition) is 7. The topological polar surface area (TPSA) is 112 Å². The van der Waals surface area contributed by atoms with Crippen LogP contribution < -0.4 is 5.32 Å². The predicted molar refractivity (Wildman–Crippen MR) is 131 cm³/mol. The van der Waals surface area contributed by atoms with E-state index in [0.29, 0.717) is 12.1 Å². The third kappa shape index (κ3) is 6.63. The number of ether oxygens (including phenoxy) is 1. The van der Waals surface area contributed by atoms with Crippen molar-refractivity contribution >= 4 is 17.7 Å². The maximum absolute atomic E-state index is 12.0. The number of carbonyl (C=O) groups is 2. The number of nitriles is 1. The van der Waals surface area contributed by atoms with Gasteiger partial charge < -0.3 is 25.0 Å². The van der Waals surface area contributed by atoms with E-state index in [9.17, 15) is 14.7 Å². The minimum absolute atomic E-state index is 0.0910. The molecular weight excluding hydrogens is 448 g/mol. The molecule has 3 fully saturated rings. The van der Waals surface area contributed by atoms with Crippen LogP contribution in [0.4, 0.5) is 10.5 Å². The standard InChI is InChI=1S/C25H36N6O4/c1-19(32)30-13-11-28(12-14-30)10-7-23-24-18-29(16-22(35-24)17-31(23)25(33)34)9-2-8-27-21-5-3-20(15-26)4-6-21/h3-6,22-24,27H,2,7-14,16-18H2,1H3,(H,33,34). The number of nitrogens with one attached hydrogen (secondary N) is 1. The Morgan fingerprint density at radius 1 is 1.09 bits per heavy atom. The summed E-state index contributed by atoms with van der Waals surface area (Å²) in [7, 11) is 0. The fourth-order valence-corrected chi connectivity index (χ4v) is 5.36. The highest BCUT2D eigenvalue weighted by molar-refractivity contribution is 5.73. The van der Waals surface area contributed by atoms with E-state index in [2.05, 4.69) is 21.2 Å². The van der Waals surface area contributed by atoms with Crippen LogP contribution in [0.5, 0.6) is 0 Å². The Hall–Kier alpha value is -2.87. The number of morpholine rings is 2. The molecule has 0 radical (unpaired) electrons. The molecule has 4 rings (SSSR count). The molecule has 3 unspecified atom stereocenters. The van der Waals surface area contributed by atoms with E-state index in [1.54, 1.807) is 11.8 Å². The molecule has 0 aliphatic carbocycles. The van der Waals surface area contributed by atoms with Crippen LogP contribution in [0.25, 0.3) is 0 Å². The van der Waals surface area contributed by atoms with E-state index in [4.69, 9.17) is 10.00 Å². The fraction of sp³-hybridized carbons (Fsp3) is 0.640. The minimum atomic E-state index is -0.866. The van der Waals surface area contributed by atoms with Gasteiger partial charge in [-0.1, -0.05) is 0 Å². The molecule has 10 heteroatoms. The van der Waals surface area contributed by atoms with Crippen LogP contribution in [-0.2, 0) is 9.53 Å². The Kier molecular flexibility index (Phi) is 8.44. The predicted octanol–water partition coefficient (Wildman–Crippen LogP) is 1.35. The number of carboxylic acid groups (broad SMARTS) is 1. The van der Waals surface area contributed by atoms with Crippen molar-refractivity contribution < 1.29 is 19.4 Å². The average molecular weight is 485 g/mol. The van der Waals surface area contributed by atoms with E-state index in [1.165, 1.54) is 0 Å². The summed E-state index contributed by atoms with van der Waals surface area (Å²) in [6.45, 7) is 9.17. The highest BCUT2D eigenvalue weighted by atomic mass is 16.5. The summed E-state index contributed by atoms with van der Waals surface area (Å²) < 4.78 is 6.27. The van der Waals surface area contributed by atoms with E-state index in [-0.39, 0.29) is 24.2 Å². The largest absolute Gasteiger partial charge is 0.465 e. The Morgan fingerprint density at radius 2 is 1.83 bits per heavy atom. The molecular formula is C25H36N6O4. The first-order valence-electron chi connectivity index (χ1n) is 12.5. The number of rotatable bonds is 8. The molecule has 3 atom stereocenters. The van der Waals surface area contributed by atoms with Crippen molar-refractivity contribution in [1.29, 1.82) is 5.26 Å². The first kappa shape index (κ1) is 25.2. The number of carbonyl (C=O) groups excluding carboxylic acids is 1. The van der Waals surface area contributed by atoms with Gasteiger partial charge >= 0.3 is 6.09 Å². The molecule has 10 nitrogen and oxygen atoms in total. The van der Waals surface area contributed by atoms with Gasteiger partial charge in [-0.05, 0) is 37.1 Å². The lowest BCUT2D eigenvalue weighted by Crippen LogP contribution is -2.65. The molecule has 3 saturated heterocycles. The minimum Gasteiger partial charge on any atom is -0.465 e. The van der Waals surface area contributed by atoms with Crippen molar-refractivity contribution in [2.45, 2.75) is 38.0 Å². The summed E-state index contributed by atoms with van der Waals surface area (Å²) >= 11 is 0.